The average Bonchev–Trinajstić information content (AvgIpc) is 2.82. The first kappa shape index (κ1) is 13.1. The van der Waals surface area contributed by atoms with Crippen molar-refractivity contribution in [2.24, 2.45) is 0 Å². The minimum Gasteiger partial charge on any atom is -0.305 e. The molecule has 0 radical (unpaired) electrons. The molecular weight excluding hydrogens is 342 g/mol. The molecule has 0 fully saturated rings. The summed E-state index contributed by atoms with van der Waals surface area (Å²) < 4.78 is 0.823. The Morgan fingerprint density at radius 3 is 2.85 bits per heavy atom. The van der Waals surface area contributed by atoms with Crippen molar-refractivity contribution in [2.75, 3.05) is 5.32 Å². The number of anilines is 1. The number of para-hydroxylation sites is 1. The van der Waals surface area contributed by atoms with Gasteiger partial charge in [0.15, 0.2) is 5.82 Å². The van der Waals surface area contributed by atoms with Crippen LogP contribution in [0.4, 0.5) is 5.82 Å². The van der Waals surface area contributed by atoms with E-state index in [1.54, 1.807) is 18.2 Å². The van der Waals surface area contributed by atoms with Crippen LogP contribution in [-0.2, 0) is 0 Å². The van der Waals surface area contributed by atoms with Gasteiger partial charge in [0.1, 0.15) is 0 Å². The molecule has 0 unspecified atom stereocenters. The third kappa shape index (κ3) is 2.42. The molecule has 1 amide bonds. The van der Waals surface area contributed by atoms with Crippen LogP contribution in [0.5, 0.6) is 0 Å². The number of nitrogens with one attached hydrogen (secondary N) is 2. The van der Waals surface area contributed by atoms with E-state index in [0.29, 0.717) is 16.4 Å². The number of aromatic nitrogens is 2. The van der Waals surface area contributed by atoms with Gasteiger partial charge in [0.05, 0.1) is 16.1 Å². The predicted molar refractivity (Wildman–Crippen MR) is 83.2 cm³/mol. The molecule has 3 aromatic rings. The third-order valence-corrected chi connectivity index (χ3v) is 3.68. The number of H-pyrrole nitrogens is 1. The number of nitrogens with zero attached hydrogens (tertiary/aromatic N) is 1. The molecule has 0 atom stereocenters. The molecule has 0 spiro atoms. The fourth-order valence-electron chi connectivity index (χ4n) is 1.91. The maximum atomic E-state index is 12.2. The molecule has 2 aromatic carbocycles. The number of hydrogen-bond acceptors (Lipinski definition) is 2. The summed E-state index contributed by atoms with van der Waals surface area (Å²) in [5.74, 6) is 0.198. The molecule has 0 aliphatic heterocycles. The molecule has 100 valence electrons. The number of fused-ring (bicyclic) bond motifs is 1. The monoisotopic (exact) mass is 349 g/mol. The lowest BCUT2D eigenvalue weighted by molar-refractivity contribution is 0.102. The Labute approximate surface area is 128 Å². The van der Waals surface area contributed by atoms with E-state index in [1.165, 1.54) is 0 Å². The molecule has 1 heterocycles. The minimum absolute atomic E-state index is 0.292. The van der Waals surface area contributed by atoms with Gasteiger partial charge in [-0.2, -0.15) is 5.10 Å². The number of carbonyl (C=O) groups is 1. The van der Waals surface area contributed by atoms with Gasteiger partial charge >= 0.3 is 0 Å². The van der Waals surface area contributed by atoms with Crippen LogP contribution in [0.3, 0.4) is 0 Å². The predicted octanol–water partition coefficient (Wildman–Crippen LogP) is 4.23. The zero-order chi connectivity index (χ0) is 14.1. The summed E-state index contributed by atoms with van der Waals surface area (Å²) in [6.45, 7) is 0. The highest BCUT2D eigenvalue weighted by Gasteiger charge is 2.13. The zero-order valence-electron chi connectivity index (χ0n) is 10.2. The number of aromatic amines is 1. The molecule has 0 aliphatic rings. The van der Waals surface area contributed by atoms with Crippen LogP contribution in [0, 0.1) is 0 Å². The first-order valence-corrected chi connectivity index (χ1v) is 7.02. The molecule has 3 rings (SSSR count). The molecule has 0 saturated heterocycles. The van der Waals surface area contributed by atoms with Crippen molar-refractivity contribution >= 4 is 50.2 Å². The summed E-state index contributed by atoms with van der Waals surface area (Å²) >= 11 is 9.37. The lowest BCUT2D eigenvalue weighted by atomic mass is 10.2. The summed E-state index contributed by atoms with van der Waals surface area (Å²) in [6, 6.07) is 12.7. The van der Waals surface area contributed by atoms with Gasteiger partial charge in [-0.05, 0) is 30.3 Å². The van der Waals surface area contributed by atoms with Crippen LogP contribution in [0.15, 0.2) is 46.9 Å². The zero-order valence-corrected chi connectivity index (χ0v) is 12.5. The SMILES string of the molecule is O=C(Nc1n[nH]c2ccccc12)c1ccc(Br)cc1Cl. The van der Waals surface area contributed by atoms with Crippen molar-refractivity contribution < 1.29 is 4.79 Å². The quantitative estimate of drug-likeness (QED) is 0.726. The van der Waals surface area contributed by atoms with E-state index in [4.69, 9.17) is 11.6 Å². The van der Waals surface area contributed by atoms with E-state index in [-0.39, 0.29) is 5.91 Å². The lowest BCUT2D eigenvalue weighted by Crippen LogP contribution is -2.12. The van der Waals surface area contributed by atoms with Gasteiger partial charge in [0, 0.05) is 9.86 Å². The van der Waals surface area contributed by atoms with Crippen LogP contribution in [0.25, 0.3) is 10.9 Å². The highest BCUT2D eigenvalue weighted by Crippen LogP contribution is 2.24. The molecule has 20 heavy (non-hydrogen) atoms. The van der Waals surface area contributed by atoms with Crippen molar-refractivity contribution in [3.05, 3.63) is 57.5 Å². The Hall–Kier alpha value is -1.85. The highest BCUT2D eigenvalue weighted by molar-refractivity contribution is 9.10. The Morgan fingerprint density at radius 1 is 1.25 bits per heavy atom. The summed E-state index contributed by atoms with van der Waals surface area (Å²) in [5.41, 5.74) is 1.27. The first-order valence-electron chi connectivity index (χ1n) is 5.84. The van der Waals surface area contributed by atoms with Gasteiger partial charge in [0.25, 0.3) is 5.91 Å². The second-order valence-electron chi connectivity index (χ2n) is 4.20. The van der Waals surface area contributed by atoms with E-state index in [1.807, 2.05) is 24.3 Å². The lowest BCUT2D eigenvalue weighted by Gasteiger charge is -2.05. The number of rotatable bonds is 2. The highest BCUT2D eigenvalue weighted by atomic mass is 79.9. The summed E-state index contributed by atoms with van der Waals surface area (Å²) in [7, 11) is 0. The number of hydrogen-bond donors (Lipinski definition) is 2. The smallest absolute Gasteiger partial charge is 0.258 e. The van der Waals surface area contributed by atoms with Gasteiger partial charge in [0.2, 0.25) is 0 Å². The minimum atomic E-state index is -0.292. The molecule has 6 heteroatoms. The van der Waals surface area contributed by atoms with Gasteiger partial charge < -0.3 is 5.32 Å². The van der Waals surface area contributed by atoms with E-state index in [0.717, 1.165) is 15.4 Å². The molecule has 0 saturated carbocycles. The van der Waals surface area contributed by atoms with E-state index in [2.05, 4.69) is 31.4 Å². The van der Waals surface area contributed by atoms with E-state index >= 15 is 0 Å². The van der Waals surface area contributed by atoms with Crippen molar-refractivity contribution in [1.29, 1.82) is 0 Å². The standard InChI is InChI=1S/C14H9BrClN3O/c15-8-5-6-9(11(16)7-8)14(20)17-13-10-3-1-2-4-12(10)18-19-13/h1-7H,(H2,17,18,19,20). The van der Waals surface area contributed by atoms with Gasteiger partial charge in [-0.25, -0.2) is 0 Å². The molecular formula is C14H9BrClN3O. The fourth-order valence-corrected chi connectivity index (χ4v) is 2.67. The third-order valence-electron chi connectivity index (χ3n) is 2.88. The van der Waals surface area contributed by atoms with Crippen LogP contribution >= 0.6 is 27.5 Å². The molecule has 1 aromatic heterocycles. The fraction of sp³-hybridized carbons (Fsp3) is 0. The van der Waals surface area contributed by atoms with Gasteiger partial charge in [-0.15, -0.1) is 0 Å². The van der Waals surface area contributed by atoms with Crippen LogP contribution in [-0.4, -0.2) is 16.1 Å². The van der Waals surface area contributed by atoms with Crippen LogP contribution in [0.1, 0.15) is 10.4 Å². The maximum absolute atomic E-state index is 12.2. The Balaban J connectivity index is 1.92. The summed E-state index contributed by atoms with van der Waals surface area (Å²) in [4.78, 5) is 12.2. The van der Waals surface area contributed by atoms with E-state index < -0.39 is 0 Å². The second kappa shape index (κ2) is 5.26. The number of amides is 1. The molecule has 2 N–H and O–H groups in total. The molecule has 0 bridgehead atoms. The Kier molecular flexibility index (Phi) is 3.46. The largest absolute Gasteiger partial charge is 0.305 e. The number of benzene rings is 2. The van der Waals surface area contributed by atoms with Crippen molar-refractivity contribution in [2.45, 2.75) is 0 Å². The average molecular weight is 351 g/mol. The Morgan fingerprint density at radius 2 is 2.05 bits per heavy atom. The van der Waals surface area contributed by atoms with Gasteiger partial charge in [-0.3, -0.25) is 9.89 Å². The van der Waals surface area contributed by atoms with Crippen molar-refractivity contribution in [3.63, 3.8) is 0 Å². The van der Waals surface area contributed by atoms with Crippen molar-refractivity contribution in [1.82, 2.24) is 10.2 Å². The number of halogens is 2. The first-order chi connectivity index (χ1) is 9.65. The second-order valence-corrected chi connectivity index (χ2v) is 5.52. The number of carbonyl (C=O) groups excluding carboxylic acids is 1. The Bertz CT molecular complexity index is 800. The molecule has 0 aliphatic carbocycles. The van der Waals surface area contributed by atoms with Gasteiger partial charge in [-0.1, -0.05) is 39.7 Å². The van der Waals surface area contributed by atoms with Crippen LogP contribution < -0.4 is 5.32 Å². The topological polar surface area (TPSA) is 57.8 Å². The van der Waals surface area contributed by atoms with Crippen molar-refractivity contribution in [3.8, 4) is 0 Å². The van der Waals surface area contributed by atoms with Crippen LogP contribution in [0.2, 0.25) is 5.02 Å². The van der Waals surface area contributed by atoms with E-state index in [9.17, 15) is 4.79 Å². The summed E-state index contributed by atoms with van der Waals surface area (Å²) in [6.07, 6.45) is 0. The normalized spacial score (nSPS) is 10.7. The maximum Gasteiger partial charge on any atom is 0.258 e. The molecule has 4 nitrogen and oxygen atoms in total. The summed E-state index contributed by atoms with van der Waals surface area (Å²) in [5, 5.41) is 11.0.